The van der Waals surface area contributed by atoms with Gasteiger partial charge in [-0.2, -0.15) is 8.78 Å². The zero-order valence-corrected chi connectivity index (χ0v) is 15.9. The Morgan fingerprint density at radius 3 is 2.78 bits per heavy atom. The van der Waals surface area contributed by atoms with Crippen LogP contribution in [0, 0.1) is 6.92 Å². The largest absolute Gasteiger partial charge is 0.357 e. The van der Waals surface area contributed by atoms with E-state index in [4.69, 9.17) is 0 Å². The summed E-state index contributed by atoms with van der Waals surface area (Å²) in [6, 6.07) is 0. The Kier molecular flexibility index (Phi) is 8.37. The van der Waals surface area contributed by atoms with Crippen molar-refractivity contribution in [1.29, 1.82) is 0 Å². The van der Waals surface area contributed by atoms with Gasteiger partial charge in [0, 0.05) is 30.0 Å². The number of alkyl halides is 2. The smallest absolute Gasteiger partial charge is 0.319 e. The van der Waals surface area contributed by atoms with E-state index in [0.29, 0.717) is 19.0 Å². The van der Waals surface area contributed by atoms with Gasteiger partial charge in [0.25, 0.3) is 0 Å². The molecule has 0 aliphatic rings. The molecular formula is C13H19F2IN6S. The third-order valence-electron chi connectivity index (χ3n) is 2.76. The minimum atomic E-state index is -2.61. The number of hydrogen-bond donors (Lipinski definition) is 2. The van der Waals surface area contributed by atoms with Crippen LogP contribution in [0.25, 0.3) is 0 Å². The zero-order chi connectivity index (χ0) is 15.9. The maximum absolute atomic E-state index is 12.7. The summed E-state index contributed by atoms with van der Waals surface area (Å²) < 4.78 is 26.3. The summed E-state index contributed by atoms with van der Waals surface area (Å²) >= 11 is 1.60. The fourth-order valence-corrected chi connectivity index (χ4v) is 2.50. The average molecular weight is 456 g/mol. The number of hydrogen-bond acceptors (Lipinski definition) is 4. The first kappa shape index (κ1) is 19.7. The van der Waals surface area contributed by atoms with Crippen molar-refractivity contribution in [2.75, 3.05) is 6.54 Å². The molecule has 0 aromatic carbocycles. The fourth-order valence-electron chi connectivity index (χ4n) is 1.78. The topological polar surface area (TPSA) is 67.1 Å². The van der Waals surface area contributed by atoms with Crippen molar-refractivity contribution in [2.45, 2.75) is 33.5 Å². The third kappa shape index (κ3) is 6.01. The van der Waals surface area contributed by atoms with Gasteiger partial charge in [-0.05, 0) is 13.8 Å². The highest BCUT2D eigenvalue weighted by atomic mass is 127. The molecule has 0 unspecified atom stereocenters. The lowest BCUT2D eigenvalue weighted by Gasteiger charge is -2.10. The molecule has 0 aliphatic carbocycles. The van der Waals surface area contributed by atoms with Gasteiger partial charge < -0.3 is 10.6 Å². The van der Waals surface area contributed by atoms with Crippen LogP contribution in [0.3, 0.4) is 0 Å². The molecule has 10 heteroatoms. The number of aryl methyl sites for hydroxylation is 1. The molecule has 0 radical (unpaired) electrons. The lowest BCUT2D eigenvalue weighted by atomic mass is 10.5. The Balaban J connectivity index is 0.00000264. The molecule has 0 atom stereocenters. The average Bonchev–Trinajstić information content (AvgIpc) is 3.10. The van der Waals surface area contributed by atoms with Crippen LogP contribution >= 0.6 is 35.3 Å². The maximum atomic E-state index is 12.7. The van der Waals surface area contributed by atoms with Crippen molar-refractivity contribution >= 4 is 41.3 Å². The van der Waals surface area contributed by atoms with E-state index in [1.807, 2.05) is 20.0 Å². The van der Waals surface area contributed by atoms with Gasteiger partial charge in [-0.1, -0.05) is 0 Å². The molecular weight excluding hydrogens is 437 g/mol. The Morgan fingerprint density at radius 2 is 2.17 bits per heavy atom. The van der Waals surface area contributed by atoms with Gasteiger partial charge in [-0.3, -0.25) is 4.57 Å². The van der Waals surface area contributed by atoms with Crippen molar-refractivity contribution in [3.8, 4) is 0 Å². The number of halogens is 3. The van der Waals surface area contributed by atoms with E-state index in [0.717, 1.165) is 14.5 Å². The maximum Gasteiger partial charge on any atom is 0.319 e. The van der Waals surface area contributed by atoms with Crippen LogP contribution in [0.5, 0.6) is 0 Å². The number of imidazole rings is 1. The van der Waals surface area contributed by atoms with E-state index in [1.165, 1.54) is 12.4 Å². The molecule has 0 bridgehead atoms. The van der Waals surface area contributed by atoms with E-state index in [-0.39, 0.29) is 36.3 Å². The van der Waals surface area contributed by atoms with Crippen LogP contribution in [-0.2, 0) is 13.1 Å². The standard InChI is InChI=1S/C13H18F2N6S.HI/c1-3-16-13(20-8-11-18-6-9(2)22-11)19-7-10-17-4-5-21(10)12(14)15;/h4-6,12H,3,7-8H2,1-2H3,(H2,16,19,20);1H. The van der Waals surface area contributed by atoms with Gasteiger partial charge in [0.2, 0.25) is 0 Å². The predicted octanol–water partition coefficient (Wildman–Crippen LogP) is 2.92. The van der Waals surface area contributed by atoms with E-state index in [2.05, 4.69) is 25.6 Å². The molecule has 2 N–H and O–H groups in total. The molecule has 128 valence electrons. The SMILES string of the molecule is CCNC(=NCc1nccn1C(F)F)NCc1ncc(C)s1.I. The summed E-state index contributed by atoms with van der Waals surface area (Å²) in [5.41, 5.74) is 0. The lowest BCUT2D eigenvalue weighted by molar-refractivity contribution is 0.0671. The molecule has 0 saturated heterocycles. The second kappa shape index (κ2) is 9.75. The number of aliphatic imine (C=N–C) groups is 1. The van der Waals surface area contributed by atoms with Gasteiger partial charge >= 0.3 is 6.55 Å². The van der Waals surface area contributed by atoms with Crippen molar-refractivity contribution in [1.82, 2.24) is 25.2 Å². The van der Waals surface area contributed by atoms with Crippen LogP contribution in [-0.4, -0.2) is 27.0 Å². The van der Waals surface area contributed by atoms with Gasteiger partial charge in [0.05, 0.1) is 6.54 Å². The number of rotatable bonds is 6. The minimum absolute atomic E-state index is 0. The monoisotopic (exact) mass is 456 g/mol. The number of nitrogens with one attached hydrogen (secondary N) is 2. The molecule has 6 nitrogen and oxygen atoms in total. The second-order valence-electron chi connectivity index (χ2n) is 4.44. The fraction of sp³-hybridized carbons (Fsp3) is 0.462. The van der Waals surface area contributed by atoms with E-state index in [1.54, 1.807) is 11.3 Å². The predicted molar refractivity (Wildman–Crippen MR) is 97.4 cm³/mol. The number of guanidine groups is 1. The van der Waals surface area contributed by atoms with Crippen LogP contribution < -0.4 is 10.6 Å². The van der Waals surface area contributed by atoms with Crippen molar-refractivity contribution in [3.63, 3.8) is 0 Å². The Labute approximate surface area is 154 Å². The third-order valence-corrected chi connectivity index (χ3v) is 3.67. The number of nitrogens with zero attached hydrogens (tertiary/aromatic N) is 4. The molecule has 2 aromatic heterocycles. The van der Waals surface area contributed by atoms with E-state index < -0.39 is 6.55 Å². The lowest BCUT2D eigenvalue weighted by Crippen LogP contribution is -2.36. The van der Waals surface area contributed by atoms with E-state index in [9.17, 15) is 8.78 Å². The molecule has 0 saturated carbocycles. The summed E-state index contributed by atoms with van der Waals surface area (Å²) in [4.78, 5) is 13.6. The van der Waals surface area contributed by atoms with Crippen molar-refractivity contribution in [3.05, 3.63) is 34.3 Å². The van der Waals surface area contributed by atoms with Crippen LogP contribution in [0.4, 0.5) is 8.78 Å². The first-order chi connectivity index (χ1) is 10.6. The van der Waals surface area contributed by atoms with E-state index >= 15 is 0 Å². The Morgan fingerprint density at radius 1 is 1.39 bits per heavy atom. The molecule has 0 spiro atoms. The van der Waals surface area contributed by atoms with Gasteiger partial charge in [-0.25, -0.2) is 15.0 Å². The van der Waals surface area contributed by atoms with Crippen LogP contribution in [0.15, 0.2) is 23.6 Å². The van der Waals surface area contributed by atoms with Gasteiger partial charge in [0.1, 0.15) is 17.4 Å². The van der Waals surface area contributed by atoms with Crippen LogP contribution in [0.2, 0.25) is 0 Å². The minimum Gasteiger partial charge on any atom is -0.357 e. The van der Waals surface area contributed by atoms with Crippen LogP contribution in [0.1, 0.15) is 29.2 Å². The summed E-state index contributed by atoms with van der Waals surface area (Å²) in [5.74, 6) is 0.761. The molecule has 0 fully saturated rings. The quantitative estimate of drug-likeness (QED) is 0.399. The molecule has 2 heterocycles. The Bertz CT molecular complexity index is 628. The highest BCUT2D eigenvalue weighted by molar-refractivity contribution is 14.0. The van der Waals surface area contributed by atoms with Crippen molar-refractivity contribution in [2.24, 2.45) is 4.99 Å². The normalized spacial score (nSPS) is 11.4. The zero-order valence-electron chi connectivity index (χ0n) is 12.8. The van der Waals surface area contributed by atoms with Gasteiger partial charge in [0.15, 0.2) is 5.96 Å². The van der Waals surface area contributed by atoms with Gasteiger partial charge in [-0.15, -0.1) is 35.3 Å². The number of thiazole rings is 1. The highest BCUT2D eigenvalue weighted by Crippen LogP contribution is 2.13. The summed E-state index contributed by atoms with van der Waals surface area (Å²) in [6.07, 6.45) is 4.40. The van der Waals surface area contributed by atoms with Crippen molar-refractivity contribution < 1.29 is 8.78 Å². The molecule has 2 aromatic rings. The molecule has 23 heavy (non-hydrogen) atoms. The summed E-state index contributed by atoms with van der Waals surface area (Å²) in [5, 5.41) is 7.13. The summed E-state index contributed by atoms with van der Waals surface area (Å²) in [7, 11) is 0. The molecule has 2 rings (SSSR count). The Hall–Kier alpha value is -1.30. The molecule has 0 aliphatic heterocycles. The number of aromatic nitrogens is 3. The summed E-state index contributed by atoms with van der Waals surface area (Å²) in [6.45, 7) is 2.60. The first-order valence-corrected chi connectivity index (χ1v) is 7.65. The molecule has 0 amide bonds. The first-order valence-electron chi connectivity index (χ1n) is 6.83. The highest BCUT2D eigenvalue weighted by Gasteiger charge is 2.11. The second-order valence-corrected chi connectivity index (χ2v) is 5.76.